The van der Waals surface area contributed by atoms with E-state index in [1.807, 2.05) is 0 Å². The quantitative estimate of drug-likeness (QED) is 0.706. The van der Waals surface area contributed by atoms with Crippen LogP contribution in [0.1, 0.15) is 0 Å². The van der Waals surface area contributed by atoms with E-state index in [-0.39, 0.29) is 18.0 Å². The van der Waals surface area contributed by atoms with E-state index in [0.717, 1.165) is 4.31 Å². The largest absolute Gasteiger partial charge is 0.399 e. The Morgan fingerprint density at radius 1 is 1.50 bits per heavy atom. The zero-order valence-corrected chi connectivity index (χ0v) is 11.2. The van der Waals surface area contributed by atoms with Crippen molar-refractivity contribution in [2.75, 3.05) is 33.0 Å². The number of rotatable bonds is 6. The van der Waals surface area contributed by atoms with Crippen LogP contribution < -0.4 is 5.73 Å². The molecular formula is C11H18N2O4S. The van der Waals surface area contributed by atoms with Crippen LogP contribution >= 0.6 is 0 Å². The summed E-state index contributed by atoms with van der Waals surface area (Å²) in [7, 11) is -0.797. The minimum Gasteiger partial charge on any atom is -0.399 e. The second kappa shape index (κ2) is 6.14. The molecule has 1 atom stereocenters. The van der Waals surface area contributed by atoms with Gasteiger partial charge in [-0.3, -0.25) is 0 Å². The fourth-order valence-electron chi connectivity index (χ4n) is 1.49. The molecule has 1 aromatic rings. The fraction of sp³-hybridized carbons (Fsp3) is 0.455. The molecule has 0 saturated heterocycles. The van der Waals surface area contributed by atoms with E-state index in [1.165, 1.54) is 26.3 Å². The van der Waals surface area contributed by atoms with Crippen LogP contribution in [0.15, 0.2) is 29.2 Å². The standard InChI is InChI=1S/C11H18N2O4S/c1-13(7-10(14)8-17-2)18(15,16)11-5-3-4-9(12)6-11/h3-6,10,14H,7-8,12H2,1-2H3. The van der Waals surface area contributed by atoms with Gasteiger partial charge in [-0.05, 0) is 18.2 Å². The van der Waals surface area contributed by atoms with Gasteiger partial charge in [0, 0.05) is 26.4 Å². The number of nitrogens with two attached hydrogens (primary N) is 1. The highest BCUT2D eigenvalue weighted by Crippen LogP contribution is 2.17. The van der Waals surface area contributed by atoms with E-state index < -0.39 is 16.1 Å². The highest BCUT2D eigenvalue weighted by molar-refractivity contribution is 7.89. The van der Waals surface area contributed by atoms with Crippen molar-refractivity contribution in [2.45, 2.75) is 11.0 Å². The molecule has 0 aliphatic carbocycles. The van der Waals surface area contributed by atoms with Gasteiger partial charge in [-0.2, -0.15) is 4.31 Å². The van der Waals surface area contributed by atoms with Gasteiger partial charge in [0.25, 0.3) is 0 Å². The highest BCUT2D eigenvalue weighted by atomic mass is 32.2. The number of nitrogens with zero attached hydrogens (tertiary/aromatic N) is 1. The van der Waals surface area contributed by atoms with Gasteiger partial charge >= 0.3 is 0 Å². The molecule has 0 aliphatic heterocycles. The Labute approximate surface area is 107 Å². The summed E-state index contributed by atoms with van der Waals surface area (Å²) in [6.45, 7) is 0.0434. The van der Waals surface area contributed by atoms with Crippen molar-refractivity contribution in [3.05, 3.63) is 24.3 Å². The molecule has 0 saturated carbocycles. The molecule has 0 amide bonds. The number of hydrogen-bond acceptors (Lipinski definition) is 5. The third kappa shape index (κ3) is 3.67. The predicted molar refractivity (Wildman–Crippen MR) is 68.6 cm³/mol. The molecule has 0 spiro atoms. The average Bonchev–Trinajstić information content (AvgIpc) is 2.29. The summed E-state index contributed by atoms with van der Waals surface area (Å²) in [4.78, 5) is 0.106. The Kier molecular flexibility index (Phi) is 5.09. The minimum atomic E-state index is -3.64. The van der Waals surface area contributed by atoms with Crippen molar-refractivity contribution in [3.63, 3.8) is 0 Å². The SMILES string of the molecule is COCC(O)CN(C)S(=O)(=O)c1cccc(N)c1. The summed E-state index contributed by atoms with van der Waals surface area (Å²) >= 11 is 0. The lowest BCUT2D eigenvalue weighted by Gasteiger charge is -2.20. The van der Waals surface area contributed by atoms with E-state index in [1.54, 1.807) is 12.1 Å². The number of ether oxygens (including phenoxy) is 1. The third-order valence-electron chi connectivity index (χ3n) is 2.39. The Balaban J connectivity index is 2.86. The van der Waals surface area contributed by atoms with Crippen LogP contribution in [0.4, 0.5) is 5.69 Å². The predicted octanol–water partition coefficient (Wildman–Crippen LogP) is -0.103. The number of methoxy groups -OCH3 is 1. The maximum atomic E-state index is 12.1. The number of sulfonamides is 1. The summed E-state index contributed by atoms with van der Waals surface area (Å²) in [6, 6.07) is 6.03. The van der Waals surface area contributed by atoms with Gasteiger partial charge in [-0.1, -0.05) is 6.07 Å². The molecule has 0 fully saturated rings. The summed E-state index contributed by atoms with van der Waals surface area (Å²) in [5.41, 5.74) is 5.93. The van der Waals surface area contributed by atoms with Crippen molar-refractivity contribution in [1.29, 1.82) is 0 Å². The lowest BCUT2D eigenvalue weighted by molar-refractivity contribution is 0.0554. The van der Waals surface area contributed by atoms with Gasteiger partial charge < -0.3 is 15.6 Å². The van der Waals surface area contributed by atoms with E-state index in [4.69, 9.17) is 10.5 Å². The van der Waals surface area contributed by atoms with Crippen molar-refractivity contribution < 1.29 is 18.3 Å². The molecular weight excluding hydrogens is 256 g/mol. The van der Waals surface area contributed by atoms with Crippen LogP contribution in [-0.4, -0.2) is 51.2 Å². The molecule has 1 aromatic carbocycles. The number of likely N-dealkylation sites (N-methyl/N-ethyl adjacent to an activating group) is 1. The normalized spacial score (nSPS) is 13.8. The highest BCUT2D eigenvalue weighted by Gasteiger charge is 2.23. The average molecular weight is 274 g/mol. The molecule has 1 unspecified atom stereocenters. The first-order valence-corrected chi connectivity index (χ1v) is 6.81. The van der Waals surface area contributed by atoms with E-state index >= 15 is 0 Å². The summed E-state index contributed by atoms with van der Waals surface area (Å²) in [5.74, 6) is 0. The first-order valence-electron chi connectivity index (χ1n) is 5.37. The molecule has 6 nitrogen and oxygen atoms in total. The van der Waals surface area contributed by atoms with Crippen molar-refractivity contribution in [3.8, 4) is 0 Å². The van der Waals surface area contributed by atoms with Gasteiger partial charge in [0.1, 0.15) is 0 Å². The second-order valence-electron chi connectivity index (χ2n) is 3.97. The van der Waals surface area contributed by atoms with Crippen LogP contribution in [0.25, 0.3) is 0 Å². The Hall–Kier alpha value is -1.15. The molecule has 1 rings (SSSR count). The Bertz CT molecular complexity index is 490. The number of aliphatic hydroxyl groups is 1. The van der Waals surface area contributed by atoms with E-state index in [0.29, 0.717) is 5.69 Å². The summed E-state index contributed by atoms with van der Waals surface area (Å²) in [6.07, 6.45) is -0.865. The van der Waals surface area contributed by atoms with Crippen LogP contribution in [0.3, 0.4) is 0 Å². The molecule has 0 heterocycles. The maximum Gasteiger partial charge on any atom is 0.242 e. The van der Waals surface area contributed by atoms with Crippen LogP contribution in [-0.2, 0) is 14.8 Å². The molecule has 0 radical (unpaired) electrons. The fourth-order valence-corrected chi connectivity index (χ4v) is 2.76. The van der Waals surface area contributed by atoms with Crippen molar-refractivity contribution in [2.24, 2.45) is 0 Å². The van der Waals surface area contributed by atoms with Gasteiger partial charge in [0.2, 0.25) is 10.0 Å². The van der Waals surface area contributed by atoms with Crippen LogP contribution in [0, 0.1) is 0 Å². The molecule has 3 N–H and O–H groups in total. The first kappa shape index (κ1) is 14.9. The van der Waals surface area contributed by atoms with Gasteiger partial charge in [0.05, 0.1) is 17.6 Å². The lowest BCUT2D eigenvalue weighted by atomic mass is 10.3. The number of anilines is 1. The van der Waals surface area contributed by atoms with Crippen molar-refractivity contribution >= 4 is 15.7 Å². The monoisotopic (exact) mass is 274 g/mol. The number of benzene rings is 1. The Morgan fingerprint density at radius 2 is 2.17 bits per heavy atom. The molecule has 0 aromatic heterocycles. The van der Waals surface area contributed by atoms with E-state index in [9.17, 15) is 13.5 Å². The number of nitrogen functional groups attached to an aromatic ring is 1. The molecule has 0 aliphatic rings. The topological polar surface area (TPSA) is 92.9 Å². The van der Waals surface area contributed by atoms with Gasteiger partial charge in [-0.15, -0.1) is 0 Å². The maximum absolute atomic E-state index is 12.1. The molecule has 102 valence electrons. The minimum absolute atomic E-state index is 0.0367. The zero-order valence-electron chi connectivity index (χ0n) is 10.4. The number of hydrogen-bond donors (Lipinski definition) is 2. The van der Waals surface area contributed by atoms with Crippen LogP contribution in [0.2, 0.25) is 0 Å². The second-order valence-corrected chi connectivity index (χ2v) is 6.01. The first-order chi connectivity index (χ1) is 8.37. The number of aliphatic hydroxyl groups excluding tert-OH is 1. The molecule has 7 heteroatoms. The molecule has 18 heavy (non-hydrogen) atoms. The van der Waals surface area contributed by atoms with Crippen LogP contribution in [0.5, 0.6) is 0 Å². The van der Waals surface area contributed by atoms with Gasteiger partial charge in [0.15, 0.2) is 0 Å². The lowest BCUT2D eigenvalue weighted by Crippen LogP contribution is -2.36. The zero-order chi connectivity index (χ0) is 13.8. The summed E-state index contributed by atoms with van der Waals surface area (Å²) in [5, 5.41) is 9.53. The van der Waals surface area contributed by atoms with Crippen molar-refractivity contribution in [1.82, 2.24) is 4.31 Å². The van der Waals surface area contributed by atoms with E-state index in [2.05, 4.69) is 0 Å². The smallest absolute Gasteiger partial charge is 0.242 e. The third-order valence-corrected chi connectivity index (χ3v) is 4.21. The summed E-state index contributed by atoms with van der Waals surface area (Å²) < 4.78 is 30.1. The van der Waals surface area contributed by atoms with Gasteiger partial charge in [-0.25, -0.2) is 8.42 Å². The molecule has 0 bridgehead atoms. The Morgan fingerprint density at radius 3 is 2.72 bits per heavy atom.